The molecule has 0 saturated heterocycles. The van der Waals surface area contributed by atoms with Crippen LogP contribution in [-0.4, -0.2) is 22.2 Å². The van der Waals surface area contributed by atoms with Gasteiger partial charge < -0.3 is 10.2 Å². The van der Waals surface area contributed by atoms with Crippen molar-refractivity contribution in [3.8, 4) is 0 Å². The van der Waals surface area contributed by atoms with Crippen molar-refractivity contribution in [1.82, 2.24) is 0 Å². The molecule has 2 atom stereocenters. The Labute approximate surface area is 102 Å². The number of hydrogen-bond acceptors (Lipinski definition) is 2. The van der Waals surface area contributed by atoms with E-state index in [9.17, 15) is 14.7 Å². The first kappa shape index (κ1) is 13.2. The molecule has 0 bridgehead atoms. The van der Waals surface area contributed by atoms with Crippen LogP contribution in [-0.2, 0) is 9.59 Å². The smallest absolute Gasteiger partial charge is 0.314 e. The van der Waals surface area contributed by atoms with Crippen molar-refractivity contribution in [2.45, 2.75) is 33.1 Å². The number of allylic oxidation sites excluding steroid dienone is 1. The Morgan fingerprint density at radius 3 is 2.38 bits per heavy atom. The van der Waals surface area contributed by atoms with Crippen molar-refractivity contribution < 1.29 is 19.8 Å². The molecule has 0 aliphatic heterocycles. The molecule has 0 spiro atoms. The minimum Gasteiger partial charge on any atom is -0.481 e. The van der Waals surface area contributed by atoms with Crippen molar-refractivity contribution in [2.24, 2.45) is 10.8 Å². The van der Waals surface area contributed by atoms with Gasteiger partial charge in [0.05, 0.1) is 10.8 Å². The zero-order valence-electron chi connectivity index (χ0n) is 9.29. The molecule has 0 saturated carbocycles. The van der Waals surface area contributed by atoms with Gasteiger partial charge in [0, 0.05) is 4.48 Å². The number of hydrogen-bond donors (Lipinski definition) is 2. The first-order valence-corrected chi connectivity index (χ1v) is 5.91. The highest BCUT2D eigenvalue weighted by Gasteiger charge is 2.50. The fraction of sp³-hybridized carbons (Fsp3) is 0.636. The molecule has 1 aliphatic rings. The monoisotopic (exact) mass is 290 g/mol. The first-order valence-electron chi connectivity index (χ1n) is 5.11. The van der Waals surface area contributed by atoms with E-state index in [0.29, 0.717) is 17.3 Å². The highest BCUT2D eigenvalue weighted by atomic mass is 79.9. The van der Waals surface area contributed by atoms with Gasteiger partial charge in [-0.1, -0.05) is 28.9 Å². The Morgan fingerprint density at radius 1 is 1.44 bits per heavy atom. The van der Waals surface area contributed by atoms with Gasteiger partial charge in [0.2, 0.25) is 0 Å². The third kappa shape index (κ3) is 1.88. The van der Waals surface area contributed by atoms with Gasteiger partial charge in [-0.05, 0) is 26.2 Å². The van der Waals surface area contributed by atoms with Gasteiger partial charge in [-0.15, -0.1) is 0 Å². The summed E-state index contributed by atoms with van der Waals surface area (Å²) in [6.45, 7) is 3.36. The molecule has 2 unspecified atom stereocenters. The Kier molecular flexibility index (Phi) is 3.47. The number of carbonyl (C=O) groups is 2. The van der Waals surface area contributed by atoms with Crippen molar-refractivity contribution in [1.29, 1.82) is 0 Å². The summed E-state index contributed by atoms with van der Waals surface area (Å²) in [6.07, 6.45) is 2.54. The quantitative estimate of drug-likeness (QED) is 0.838. The van der Waals surface area contributed by atoms with E-state index in [1.54, 1.807) is 19.9 Å². The Bertz CT molecular complexity index is 363. The zero-order valence-corrected chi connectivity index (χ0v) is 10.9. The summed E-state index contributed by atoms with van der Waals surface area (Å²) in [6, 6.07) is 0. The van der Waals surface area contributed by atoms with Gasteiger partial charge in [-0.3, -0.25) is 9.59 Å². The van der Waals surface area contributed by atoms with Gasteiger partial charge in [0.15, 0.2) is 0 Å². The van der Waals surface area contributed by atoms with Crippen molar-refractivity contribution in [3.63, 3.8) is 0 Å². The highest BCUT2D eigenvalue weighted by molar-refractivity contribution is 9.11. The summed E-state index contributed by atoms with van der Waals surface area (Å²) < 4.78 is 0.591. The van der Waals surface area contributed by atoms with Crippen LogP contribution in [0.2, 0.25) is 0 Å². The van der Waals surface area contributed by atoms with E-state index in [-0.39, 0.29) is 6.42 Å². The lowest BCUT2D eigenvalue weighted by atomic mass is 9.65. The lowest BCUT2D eigenvalue weighted by molar-refractivity contribution is -0.155. The molecule has 2 N–H and O–H groups in total. The molecular formula is C11H15BrO4. The number of carboxylic acid groups (broad SMARTS) is 2. The van der Waals surface area contributed by atoms with Crippen molar-refractivity contribution >= 4 is 27.9 Å². The fourth-order valence-electron chi connectivity index (χ4n) is 2.12. The third-order valence-corrected chi connectivity index (χ3v) is 4.49. The maximum absolute atomic E-state index is 11.4. The van der Waals surface area contributed by atoms with E-state index in [0.717, 1.165) is 0 Å². The molecule has 1 rings (SSSR count). The number of aliphatic carboxylic acids is 2. The lowest BCUT2D eigenvalue weighted by Gasteiger charge is -2.39. The van der Waals surface area contributed by atoms with Gasteiger partial charge in [0.25, 0.3) is 0 Å². The maximum atomic E-state index is 11.4. The first-order chi connectivity index (χ1) is 7.28. The predicted octanol–water partition coefficient (Wildman–Crippen LogP) is 2.63. The average molecular weight is 291 g/mol. The summed E-state index contributed by atoms with van der Waals surface area (Å²) in [7, 11) is 0. The standard InChI is InChI=1S/C11H15BrO4/c1-3-11(9(15)16)6-10(2,8(13)14)5-4-7(11)12/h4H,3,5-6H2,1-2H3,(H,13,14)(H,15,16). The largest absolute Gasteiger partial charge is 0.481 e. The minimum absolute atomic E-state index is 0.123. The van der Waals surface area contributed by atoms with Crippen LogP contribution in [0.1, 0.15) is 33.1 Å². The van der Waals surface area contributed by atoms with E-state index in [2.05, 4.69) is 15.9 Å². The third-order valence-electron chi connectivity index (χ3n) is 3.41. The SMILES string of the molecule is CCC1(C(=O)O)CC(C)(C(=O)O)CC=C1Br. The molecule has 90 valence electrons. The number of rotatable bonds is 3. The molecule has 5 heteroatoms. The second-order valence-corrected chi connectivity index (χ2v) is 5.39. The molecule has 1 aliphatic carbocycles. The van der Waals surface area contributed by atoms with E-state index >= 15 is 0 Å². The highest BCUT2D eigenvalue weighted by Crippen LogP contribution is 2.51. The summed E-state index contributed by atoms with van der Waals surface area (Å²) in [5, 5.41) is 18.5. The molecule has 16 heavy (non-hydrogen) atoms. The molecule has 4 nitrogen and oxygen atoms in total. The zero-order chi connectivity index (χ0) is 12.6. The van der Waals surface area contributed by atoms with E-state index in [1.807, 2.05) is 0 Å². The molecule has 0 heterocycles. The van der Waals surface area contributed by atoms with Crippen LogP contribution >= 0.6 is 15.9 Å². The van der Waals surface area contributed by atoms with Crippen LogP contribution in [0.15, 0.2) is 10.6 Å². The fourth-order valence-corrected chi connectivity index (χ4v) is 2.87. The molecule has 0 aromatic rings. The Balaban J connectivity index is 3.21. The summed E-state index contributed by atoms with van der Waals surface area (Å²) >= 11 is 3.26. The predicted molar refractivity (Wildman–Crippen MR) is 62.3 cm³/mol. The van der Waals surface area contributed by atoms with Gasteiger partial charge >= 0.3 is 11.9 Å². The van der Waals surface area contributed by atoms with E-state index in [4.69, 9.17) is 5.11 Å². The van der Waals surface area contributed by atoms with Crippen LogP contribution in [0.3, 0.4) is 0 Å². The number of carboxylic acids is 2. The van der Waals surface area contributed by atoms with Crippen LogP contribution < -0.4 is 0 Å². The molecule has 0 aromatic heterocycles. The van der Waals surface area contributed by atoms with Crippen LogP contribution in [0.25, 0.3) is 0 Å². The second-order valence-electron chi connectivity index (χ2n) is 4.54. The molecule has 0 fully saturated rings. The average Bonchev–Trinajstić information content (AvgIpc) is 2.21. The summed E-state index contributed by atoms with van der Waals surface area (Å²) in [5.74, 6) is -1.91. The Hall–Kier alpha value is -0.840. The van der Waals surface area contributed by atoms with Gasteiger partial charge in [0.1, 0.15) is 0 Å². The Morgan fingerprint density at radius 2 is 2.00 bits per heavy atom. The molecular weight excluding hydrogens is 276 g/mol. The molecule has 0 aromatic carbocycles. The second kappa shape index (κ2) is 4.20. The van der Waals surface area contributed by atoms with Crippen LogP contribution in [0.5, 0.6) is 0 Å². The van der Waals surface area contributed by atoms with Crippen molar-refractivity contribution in [3.05, 3.63) is 10.6 Å². The normalized spacial score (nSPS) is 34.3. The van der Waals surface area contributed by atoms with Crippen molar-refractivity contribution in [2.75, 3.05) is 0 Å². The summed E-state index contributed by atoms with van der Waals surface area (Å²) in [4.78, 5) is 22.5. The summed E-state index contributed by atoms with van der Waals surface area (Å²) in [5.41, 5.74) is -2.09. The minimum atomic E-state index is -1.09. The van der Waals surface area contributed by atoms with E-state index in [1.165, 1.54) is 0 Å². The number of halogens is 1. The van der Waals surface area contributed by atoms with Crippen LogP contribution in [0.4, 0.5) is 0 Å². The van der Waals surface area contributed by atoms with E-state index < -0.39 is 22.8 Å². The van der Waals surface area contributed by atoms with Gasteiger partial charge in [-0.2, -0.15) is 0 Å². The lowest BCUT2D eigenvalue weighted by Crippen LogP contribution is -2.43. The topological polar surface area (TPSA) is 74.6 Å². The molecule has 0 radical (unpaired) electrons. The van der Waals surface area contributed by atoms with Gasteiger partial charge in [-0.25, -0.2) is 0 Å². The molecule has 0 amide bonds. The maximum Gasteiger partial charge on any atom is 0.314 e. The van der Waals surface area contributed by atoms with Crippen LogP contribution in [0, 0.1) is 10.8 Å².